The molecule has 2 aromatic heterocycles. The molecule has 2 aliphatic heterocycles. The Kier molecular flexibility index (Phi) is 2.53. The van der Waals surface area contributed by atoms with Crippen molar-refractivity contribution in [2.45, 2.75) is 0 Å². The molecule has 0 bridgehead atoms. The van der Waals surface area contributed by atoms with Gasteiger partial charge in [-0.2, -0.15) is 4.98 Å². The summed E-state index contributed by atoms with van der Waals surface area (Å²) in [5.41, 5.74) is 0.138. The van der Waals surface area contributed by atoms with E-state index in [0.29, 0.717) is 28.9 Å². The number of nitrogens with zero attached hydrogens (tertiary/aromatic N) is 4. The highest BCUT2D eigenvalue weighted by Gasteiger charge is 2.37. The zero-order valence-electron chi connectivity index (χ0n) is 12.1. The van der Waals surface area contributed by atoms with Gasteiger partial charge in [-0.1, -0.05) is 0 Å². The molecule has 0 radical (unpaired) electrons. The van der Waals surface area contributed by atoms with Gasteiger partial charge in [0, 0.05) is 40.3 Å². The third kappa shape index (κ3) is 1.68. The molecule has 2 aromatic rings. The molecule has 0 saturated carbocycles. The minimum absolute atomic E-state index is 0.326. The fourth-order valence-corrected chi connectivity index (χ4v) is 3.49. The second kappa shape index (κ2) is 4.20. The maximum atomic E-state index is 12.2. The largest absolute Gasteiger partial charge is 0.342 e. The molecule has 2 aliphatic rings. The Morgan fingerprint density at radius 3 is 2.43 bits per heavy atom. The number of aromatic nitrogens is 4. The quantitative estimate of drug-likeness (QED) is 0.675. The van der Waals surface area contributed by atoms with Gasteiger partial charge in [-0.25, -0.2) is 4.79 Å². The molecule has 0 aliphatic carbocycles. The lowest BCUT2D eigenvalue weighted by Gasteiger charge is -2.15. The minimum Gasteiger partial charge on any atom is -0.342 e. The monoisotopic (exact) mass is 290 g/mol. The third-order valence-electron chi connectivity index (χ3n) is 4.77. The van der Waals surface area contributed by atoms with Crippen LogP contribution in [0.25, 0.3) is 11.2 Å². The van der Waals surface area contributed by atoms with Crippen LogP contribution >= 0.6 is 0 Å². The van der Waals surface area contributed by atoms with E-state index in [2.05, 4.69) is 20.2 Å². The van der Waals surface area contributed by atoms with Gasteiger partial charge in [0.25, 0.3) is 5.56 Å². The van der Waals surface area contributed by atoms with Crippen molar-refractivity contribution in [2.75, 3.05) is 31.1 Å². The Morgan fingerprint density at radius 1 is 1.10 bits per heavy atom. The van der Waals surface area contributed by atoms with Gasteiger partial charge in [0.2, 0.25) is 5.95 Å². The fourth-order valence-electron chi connectivity index (χ4n) is 3.49. The molecule has 2 fully saturated rings. The first-order valence-corrected chi connectivity index (χ1v) is 7.17. The lowest BCUT2D eigenvalue weighted by atomic mass is 10.0. The minimum atomic E-state index is -0.354. The summed E-state index contributed by atoms with van der Waals surface area (Å²) < 4.78 is 2.52. The predicted molar refractivity (Wildman–Crippen MR) is 78.6 cm³/mol. The van der Waals surface area contributed by atoms with Crippen molar-refractivity contribution in [3.8, 4) is 0 Å². The van der Waals surface area contributed by atoms with Gasteiger partial charge in [0.1, 0.15) is 0 Å². The SMILES string of the molecule is Cn1c(=O)c2[nH]c(N3C[C@H]4CNC[C@H]4C3)nc2n(C)c1=O. The van der Waals surface area contributed by atoms with Gasteiger partial charge in [-0.3, -0.25) is 13.9 Å². The molecule has 2 saturated heterocycles. The number of nitrogens with one attached hydrogen (secondary N) is 2. The number of hydrogen-bond acceptors (Lipinski definition) is 5. The van der Waals surface area contributed by atoms with Gasteiger partial charge in [0.15, 0.2) is 11.2 Å². The van der Waals surface area contributed by atoms with E-state index in [9.17, 15) is 9.59 Å². The number of rotatable bonds is 1. The zero-order chi connectivity index (χ0) is 14.7. The smallest absolute Gasteiger partial charge is 0.332 e. The van der Waals surface area contributed by atoms with Crippen LogP contribution in [0.5, 0.6) is 0 Å². The van der Waals surface area contributed by atoms with Crippen molar-refractivity contribution in [2.24, 2.45) is 25.9 Å². The van der Waals surface area contributed by atoms with E-state index in [1.165, 1.54) is 11.6 Å². The summed E-state index contributed by atoms with van der Waals surface area (Å²) in [4.78, 5) is 33.9. The molecule has 8 heteroatoms. The van der Waals surface area contributed by atoms with E-state index in [0.717, 1.165) is 30.7 Å². The summed E-state index contributed by atoms with van der Waals surface area (Å²) in [5.74, 6) is 1.98. The molecule has 0 amide bonds. The summed E-state index contributed by atoms with van der Waals surface area (Å²) in [6, 6.07) is 0. The maximum absolute atomic E-state index is 12.2. The number of anilines is 1. The van der Waals surface area contributed by atoms with E-state index in [4.69, 9.17) is 0 Å². The third-order valence-corrected chi connectivity index (χ3v) is 4.77. The maximum Gasteiger partial charge on any atom is 0.332 e. The second-order valence-electron chi connectivity index (χ2n) is 6.05. The average Bonchev–Trinajstić information content (AvgIpc) is 3.14. The summed E-state index contributed by atoms with van der Waals surface area (Å²) in [6.45, 7) is 3.96. The topological polar surface area (TPSA) is 87.9 Å². The summed E-state index contributed by atoms with van der Waals surface area (Å²) in [5, 5.41) is 3.40. The Balaban J connectivity index is 1.82. The van der Waals surface area contributed by atoms with E-state index >= 15 is 0 Å². The van der Waals surface area contributed by atoms with Gasteiger partial charge in [0.05, 0.1) is 0 Å². The molecule has 112 valence electrons. The molecule has 2 N–H and O–H groups in total. The normalized spacial score (nSPS) is 25.0. The van der Waals surface area contributed by atoms with E-state index < -0.39 is 0 Å². The lowest BCUT2D eigenvalue weighted by Crippen LogP contribution is -2.36. The Hall–Kier alpha value is -2.09. The van der Waals surface area contributed by atoms with Crippen LogP contribution in [0.3, 0.4) is 0 Å². The molecule has 0 aromatic carbocycles. The van der Waals surface area contributed by atoms with Gasteiger partial charge in [-0.15, -0.1) is 0 Å². The zero-order valence-corrected chi connectivity index (χ0v) is 12.1. The molecular weight excluding hydrogens is 272 g/mol. The fraction of sp³-hybridized carbons (Fsp3) is 0.615. The van der Waals surface area contributed by atoms with E-state index in [1.54, 1.807) is 7.05 Å². The van der Waals surface area contributed by atoms with Crippen LogP contribution in [-0.2, 0) is 14.1 Å². The highest BCUT2D eigenvalue weighted by atomic mass is 16.2. The number of imidazole rings is 1. The number of aromatic amines is 1. The second-order valence-corrected chi connectivity index (χ2v) is 6.05. The number of aryl methyl sites for hydroxylation is 1. The molecule has 0 spiro atoms. The molecule has 21 heavy (non-hydrogen) atoms. The molecule has 4 heterocycles. The highest BCUT2D eigenvalue weighted by Crippen LogP contribution is 2.29. The van der Waals surface area contributed by atoms with Crippen LogP contribution in [0.15, 0.2) is 9.59 Å². The predicted octanol–water partition coefficient (Wildman–Crippen LogP) is -1.38. The Bertz CT molecular complexity index is 820. The van der Waals surface area contributed by atoms with Crippen molar-refractivity contribution in [1.29, 1.82) is 0 Å². The van der Waals surface area contributed by atoms with Crippen LogP contribution in [-0.4, -0.2) is 45.3 Å². The number of fused-ring (bicyclic) bond motifs is 2. The van der Waals surface area contributed by atoms with E-state index in [1.807, 2.05) is 0 Å². The van der Waals surface area contributed by atoms with Crippen LogP contribution in [0.4, 0.5) is 5.95 Å². The Labute approximate surface area is 120 Å². The molecule has 4 rings (SSSR count). The first kappa shape index (κ1) is 12.6. The number of hydrogen-bond donors (Lipinski definition) is 2. The van der Waals surface area contributed by atoms with Crippen molar-refractivity contribution in [1.82, 2.24) is 24.4 Å². The first-order chi connectivity index (χ1) is 10.1. The van der Waals surface area contributed by atoms with Crippen molar-refractivity contribution >= 4 is 17.1 Å². The molecular formula is C13H18N6O2. The molecule has 8 nitrogen and oxygen atoms in total. The average molecular weight is 290 g/mol. The van der Waals surface area contributed by atoms with Crippen LogP contribution in [0.2, 0.25) is 0 Å². The Morgan fingerprint density at radius 2 is 1.76 bits per heavy atom. The molecule has 0 unspecified atom stereocenters. The van der Waals surface area contributed by atoms with Crippen molar-refractivity contribution in [3.05, 3.63) is 20.8 Å². The van der Waals surface area contributed by atoms with Crippen LogP contribution < -0.4 is 21.5 Å². The highest BCUT2D eigenvalue weighted by molar-refractivity contribution is 5.73. The molecule has 2 atom stereocenters. The van der Waals surface area contributed by atoms with Crippen molar-refractivity contribution in [3.63, 3.8) is 0 Å². The van der Waals surface area contributed by atoms with Gasteiger partial charge < -0.3 is 15.2 Å². The first-order valence-electron chi connectivity index (χ1n) is 7.17. The summed E-state index contributed by atoms with van der Waals surface area (Å²) in [7, 11) is 3.12. The van der Waals surface area contributed by atoms with Crippen molar-refractivity contribution < 1.29 is 0 Å². The standard InChI is InChI=1S/C13H18N6O2/c1-17-10-9(11(20)18(2)13(17)21)15-12(16-10)19-5-7-3-14-4-8(7)6-19/h7-8,14H,3-6H2,1-2H3,(H,15,16)/t7-,8+. The van der Waals surface area contributed by atoms with E-state index in [-0.39, 0.29) is 11.2 Å². The number of H-pyrrole nitrogens is 1. The van der Waals surface area contributed by atoms with Gasteiger partial charge >= 0.3 is 5.69 Å². The van der Waals surface area contributed by atoms with Gasteiger partial charge in [-0.05, 0) is 11.8 Å². The van der Waals surface area contributed by atoms with Crippen LogP contribution in [0.1, 0.15) is 0 Å². The summed E-state index contributed by atoms with van der Waals surface area (Å²) >= 11 is 0. The lowest BCUT2D eigenvalue weighted by molar-refractivity contribution is 0.533. The van der Waals surface area contributed by atoms with Crippen LogP contribution in [0, 0.1) is 11.8 Å². The summed E-state index contributed by atoms with van der Waals surface area (Å²) in [6.07, 6.45) is 0.